The maximum Gasteiger partial charge on any atom is 0.255 e. The van der Waals surface area contributed by atoms with E-state index < -0.39 is 10.0 Å². The molecule has 140 valence electrons. The molecule has 0 radical (unpaired) electrons. The molecule has 0 fully saturated rings. The number of nitrogens with one attached hydrogen (secondary N) is 2. The van der Waals surface area contributed by atoms with Crippen molar-refractivity contribution in [2.75, 3.05) is 5.32 Å². The molecule has 0 aromatic heterocycles. The topological polar surface area (TPSA) is 75.3 Å². The summed E-state index contributed by atoms with van der Waals surface area (Å²) in [7, 11) is -3.56. The lowest BCUT2D eigenvalue weighted by Crippen LogP contribution is -2.33. The number of carbonyl (C=O) groups excluding carboxylic acids is 1. The van der Waals surface area contributed by atoms with Crippen LogP contribution >= 0.6 is 22.6 Å². The van der Waals surface area contributed by atoms with Gasteiger partial charge in [0.15, 0.2) is 0 Å². The summed E-state index contributed by atoms with van der Waals surface area (Å²) in [6, 6.07) is 11.6. The third kappa shape index (κ3) is 5.28. The molecule has 26 heavy (non-hydrogen) atoms. The van der Waals surface area contributed by atoms with Gasteiger partial charge in [0.1, 0.15) is 0 Å². The molecule has 0 aliphatic rings. The Kier molecular flexibility index (Phi) is 7.19. The lowest BCUT2D eigenvalue weighted by Gasteiger charge is -2.15. The highest BCUT2D eigenvalue weighted by Crippen LogP contribution is 2.18. The fourth-order valence-corrected chi connectivity index (χ4v) is 4.32. The largest absolute Gasteiger partial charge is 0.322 e. The summed E-state index contributed by atoms with van der Waals surface area (Å²) >= 11 is 2.19. The number of rotatable bonds is 7. The molecule has 2 rings (SSSR count). The first-order chi connectivity index (χ1) is 12.3. The van der Waals surface area contributed by atoms with Gasteiger partial charge in [-0.15, -0.1) is 0 Å². The van der Waals surface area contributed by atoms with E-state index in [1.165, 1.54) is 12.1 Å². The van der Waals surface area contributed by atoms with Crippen LogP contribution in [0.1, 0.15) is 42.6 Å². The summed E-state index contributed by atoms with van der Waals surface area (Å²) in [6.07, 6.45) is 1.47. The van der Waals surface area contributed by atoms with E-state index in [0.717, 1.165) is 22.0 Å². The van der Waals surface area contributed by atoms with Gasteiger partial charge < -0.3 is 5.32 Å². The Bertz CT molecular complexity index is 876. The van der Waals surface area contributed by atoms with Gasteiger partial charge in [-0.2, -0.15) is 0 Å². The molecule has 0 saturated heterocycles. The summed E-state index contributed by atoms with van der Waals surface area (Å²) in [5.41, 5.74) is 2.22. The van der Waals surface area contributed by atoms with E-state index >= 15 is 0 Å². The minimum absolute atomic E-state index is 0.0802. The lowest BCUT2D eigenvalue weighted by atomic mass is 10.1. The normalized spacial score (nSPS) is 11.6. The second-order valence-corrected chi connectivity index (χ2v) is 8.95. The van der Waals surface area contributed by atoms with Gasteiger partial charge in [0.05, 0.1) is 4.90 Å². The molecular formula is C19H23IN2O3S. The van der Waals surface area contributed by atoms with E-state index in [-0.39, 0.29) is 16.8 Å². The van der Waals surface area contributed by atoms with Crippen molar-refractivity contribution in [2.24, 2.45) is 0 Å². The molecule has 0 atom stereocenters. The van der Waals surface area contributed by atoms with Gasteiger partial charge >= 0.3 is 0 Å². The highest BCUT2D eigenvalue weighted by molar-refractivity contribution is 14.1. The van der Waals surface area contributed by atoms with Gasteiger partial charge in [-0.05, 0) is 84.3 Å². The number of sulfonamides is 1. The first kappa shape index (κ1) is 20.9. The summed E-state index contributed by atoms with van der Waals surface area (Å²) in [4.78, 5) is 12.5. The minimum atomic E-state index is -3.56. The Morgan fingerprint density at radius 3 is 2.23 bits per heavy atom. The Balaban J connectivity index is 2.11. The van der Waals surface area contributed by atoms with Crippen LogP contribution in [0, 0.1) is 10.5 Å². The van der Waals surface area contributed by atoms with Gasteiger partial charge in [0, 0.05) is 20.9 Å². The first-order valence-corrected chi connectivity index (χ1v) is 11.0. The van der Waals surface area contributed by atoms with E-state index in [2.05, 4.69) is 32.6 Å². The fraction of sp³-hybridized carbons (Fsp3) is 0.316. The van der Waals surface area contributed by atoms with Gasteiger partial charge in [0.2, 0.25) is 10.0 Å². The van der Waals surface area contributed by atoms with Crippen LogP contribution in [0.15, 0.2) is 47.4 Å². The summed E-state index contributed by atoms with van der Waals surface area (Å²) in [6.45, 7) is 5.88. The molecule has 5 nitrogen and oxygen atoms in total. The lowest BCUT2D eigenvalue weighted by molar-refractivity contribution is 0.102. The molecule has 0 heterocycles. The fourth-order valence-electron chi connectivity index (χ4n) is 2.40. The van der Waals surface area contributed by atoms with Crippen LogP contribution in [0.4, 0.5) is 5.69 Å². The highest BCUT2D eigenvalue weighted by Gasteiger charge is 2.18. The Morgan fingerprint density at radius 1 is 1.08 bits per heavy atom. The molecular weight excluding hydrogens is 463 g/mol. The van der Waals surface area contributed by atoms with Crippen LogP contribution in [-0.2, 0) is 10.0 Å². The van der Waals surface area contributed by atoms with E-state index in [4.69, 9.17) is 0 Å². The summed E-state index contributed by atoms with van der Waals surface area (Å²) in [5.74, 6) is -0.228. The van der Waals surface area contributed by atoms with Crippen molar-refractivity contribution in [1.29, 1.82) is 0 Å². The molecule has 1 amide bonds. The third-order valence-electron chi connectivity index (χ3n) is 4.16. The third-order valence-corrected chi connectivity index (χ3v) is 6.86. The number of aryl methyl sites for hydroxylation is 1. The van der Waals surface area contributed by atoms with E-state index in [1.54, 1.807) is 18.2 Å². The van der Waals surface area contributed by atoms with Crippen LogP contribution in [0.25, 0.3) is 0 Å². The standard InChI is InChI=1S/C19H23IN2O3S/c1-4-15(5-2)22-26(24,25)17-10-8-16(9-11-17)21-19(23)14-7-6-13(3)18(20)12-14/h6-12,15,22H,4-5H2,1-3H3,(H,21,23). The zero-order valence-electron chi connectivity index (χ0n) is 15.0. The van der Waals surface area contributed by atoms with Crippen molar-refractivity contribution >= 4 is 44.2 Å². The monoisotopic (exact) mass is 486 g/mol. The average molecular weight is 486 g/mol. The average Bonchev–Trinajstić information content (AvgIpc) is 2.62. The minimum Gasteiger partial charge on any atom is -0.322 e. The van der Waals surface area contributed by atoms with Gasteiger partial charge in [-0.1, -0.05) is 19.9 Å². The number of carbonyl (C=O) groups is 1. The molecule has 0 spiro atoms. The first-order valence-electron chi connectivity index (χ1n) is 8.46. The van der Waals surface area contributed by atoms with Crippen LogP contribution in [-0.4, -0.2) is 20.4 Å². The SMILES string of the molecule is CCC(CC)NS(=O)(=O)c1ccc(NC(=O)c2ccc(C)c(I)c2)cc1. The summed E-state index contributed by atoms with van der Waals surface area (Å²) < 4.78 is 28.5. The molecule has 2 N–H and O–H groups in total. The van der Waals surface area contributed by atoms with Crippen molar-refractivity contribution in [2.45, 2.75) is 44.6 Å². The molecule has 0 aliphatic heterocycles. The number of hydrogen-bond donors (Lipinski definition) is 2. The van der Waals surface area contributed by atoms with Crippen LogP contribution in [0.2, 0.25) is 0 Å². The number of amides is 1. The predicted molar refractivity (Wildman–Crippen MR) is 113 cm³/mol. The second kappa shape index (κ2) is 8.96. The number of hydrogen-bond acceptors (Lipinski definition) is 3. The molecule has 2 aromatic rings. The maximum absolute atomic E-state index is 12.4. The molecule has 0 aliphatic carbocycles. The molecule has 7 heteroatoms. The zero-order valence-corrected chi connectivity index (χ0v) is 18.0. The van der Waals surface area contributed by atoms with E-state index in [9.17, 15) is 13.2 Å². The van der Waals surface area contributed by atoms with Crippen molar-refractivity contribution < 1.29 is 13.2 Å². The van der Waals surface area contributed by atoms with Crippen molar-refractivity contribution in [3.05, 3.63) is 57.2 Å². The quantitative estimate of drug-likeness (QED) is 0.573. The molecule has 0 bridgehead atoms. The van der Waals surface area contributed by atoms with Crippen molar-refractivity contribution in [3.63, 3.8) is 0 Å². The Morgan fingerprint density at radius 2 is 1.69 bits per heavy atom. The van der Waals surface area contributed by atoms with E-state index in [1.807, 2.05) is 32.9 Å². The number of anilines is 1. The van der Waals surface area contributed by atoms with Crippen LogP contribution < -0.4 is 10.0 Å². The van der Waals surface area contributed by atoms with E-state index in [0.29, 0.717) is 11.3 Å². The van der Waals surface area contributed by atoms with Crippen molar-refractivity contribution in [1.82, 2.24) is 4.72 Å². The maximum atomic E-state index is 12.4. The van der Waals surface area contributed by atoms with Crippen molar-refractivity contribution in [3.8, 4) is 0 Å². The number of benzene rings is 2. The zero-order chi connectivity index (χ0) is 19.3. The van der Waals surface area contributed by atoms with Crippen LogP contribution in [0.3, 0.4) is 0 Å². The summed E-state index contributed by atoms with van der Waals surface area (Å²) in [5, 5.41) is 2.79. The van der Waals surface area contributed by atoms with Gasteiger partial charge in [-0.3, -0.25) is 4.79 Å². The van der Waals surface area contributed by atoms with Gasteiger partial charge in [0.25, 0.3) is 5.91 Å². The molecule has 2 aromatic carbocycles. The van der Waals surface area contributed by atoms with Gasteiger partial charge in [-0.25, -0.2) is 13.1 Å². The van der Waals surface area contributed by atoms with Crippen LogP contribution in [0.5, 0.6) is 0 Å². The highest BCUT2D eigenvalue weighted by atomic mass is 127. The Labute approximate surface area is 168 Å². The molecule has 0 saturated carbocycles. The molecule has 0 unspecified atom stereocenters. The smallest absolute Gasteiger partial charge is 0.255 e. The second-order valence-electron chi connectivity index (χ2n) is 6.08. The Hall–Kier alpha value is -1.45. The number of halogens is 1. The predicted octanol–water partition coefficient (Wildman–Crippen LogP) is 4.32.